The fourth-order valence-corrected chi connectivity index (χ4v) is 2.95. The SMILES string of the molecule is O=C(Cn1cc(C2CCOC2)cn1)Nc1n[nH]c2c1CNC2. The maximum Gasteiger partial charge on any atom is 0.247 e. The molecule has 0 bridgehead atoms. The summed E-state index contributed by atoms with van der Waals surface area (Å²) in [6.45, 7) is 3.22. The summed E-state index contributed by atoms with van der Waals surface area (Å²) in [6.07, 6.45) is 4.77. The zero-order chi connectivity index (χ0) is 14.9. The molecule has 2 aliphatic rings. The molecule has 8 heteroatoms. The number of anilines is 1. The number of carbonyl (C=O) groups is 1. The number of ether oxygens (including phenoxy) is 1. The van der Waals surface area contributed by atoms with Crippen molar-refractivity contribution < 1.29 is 9.53 Å². The number of aromatic nitrogens is 4. The van der Waals surface area contributed by atoms with Crippen LogP contribution in [0.5, 0.6) is 0 Å². The number of fused-ring (bicyclic) bond motifs is 1. The van der Waals surface area contributed by atoms with E-state index in [4.69, 9.17) is 4.74 Å². The Morgan fingerprint density at radius 1 is 1.50 bits per heavy atom. The van der Waals surface area contributed by atoms with Crippen molar-refractivity contribution in [2.75, 3.05) is 18.5 Å². The van der Waals surface area contributed by atoms with Crippen LogP contribution in [-0.2, 0) is 29.2 Å². The monoisotopic (exact) mass is 302 g/mol. The Bertz CT molecular complexity index is 685. The van der Waals surface area contributed by atoms with Crippen LogP contribution in [0.2, 0.25) is 0 Å². The van der Waals surface area contributed by atoms with Gasteiger partial charge in [-0.1, -0.05) is 0 Å². The highest BCUT2D eigenvalue weighted by atomic mass is 16.5. The largest absolute Gasteiger partial charge is 0.381 e. The number of H-pyrrole nitrogens is 1. The van der Waals surface area contributed by atoms with Gasteiger partial charge in [0.15, 0.2) is 5.82 Å². The van der Waals surface area contributed by atoms with Crippen LogP contribution in [0.15, 0.2) is 12.4 Å². The molecule has 1 fully saturated rings. The maximum absolute atomic E-state index is 12.1. The standard InChI is InChI=1S/C14H18N6O2/c21-13(17-14-11-4-15-5-12(11)18-19-14)7-20-6-10(3-16-20)9-1-2-22-8-9/h3,6,9,15H,1-2,4-5,7-8H2,(H2,17,18,19,21). The fourth-order valence-electron chi connectivity index (χ4n) is 2.95. The second-order valence-electron chi connectivity index (χ2n) is 5.71. The molecule has 0 aliphatic carbocycles. The van der Waals surface area contributed by atoms with Crippen molar-refractivity contribution in [2.45, 2.75) is 32.0 Å². The highest BCUT2D eigenvalue weighted by molar-refractivity contribution is 5.90. The normalized spacial score (nSPS) is 20.3. The van der Waals surface area contributed by atoms with E-state index >= 15 is 0 Å². The maximum atomic E-state index is 12.1. The topological polar surface area (TPSA) is 96.9 Å². The number of nitrogens with one attached hydrogen (secondary N) is 3. The van der Waals surface area contributed by atoms with Crippen LogP contribution in [-0.4, -0.2) is 39.1 Å². The van der Waals surface area contributed by atoms with Gasteiger partial charge in [0.2, 0.25) is 5.91 Å². The van der Waals surface area contributed by atoms with Gasteiger partial charge in [0, 0.05) is 37.4 Å². The first-order chi connectivity index (χ1) is 10.8. The van der Waals surface area contributed by atoms with E-state index < -0.39 is 0 Å². The Kier molecular flexibility index (Phi) is 3.39. The quantitative estimate of drug-likeness (QED) is 0.757. The number of nitrogens with zero attached hydrogens (tertiary/aromatic N) is 3. The smallest absolute Gasteiger partial charge is 0.247 e. The van der Waals surface area contributed by atoms with Crippen molar-refractivity contribution in [3.63, 3.8) is 0 Å². The third-order valence-electron chi connectivity index (χ3n) is 4.17. The van der Waals surface area contributed by atoms with Crippen LogP contribution in [0.1, 0.15) is 29.2 Å². The number of carbonyl (C=O) groups excluding carboxylic acids is 1. The molecule has 0 saturated carbocycles. The molecular weight excluding hydrogens is 284 g/mol. The summed E-state index contributed by atoms with van der Waals surface area (Å²) in [5.74, 6) is 0.887. The summed E-state index contributed by atoms with van der Waals surface area (Å²) in [5, 5.41) is 17.4. The first-order valence-electron chi connectivity index (χ1n) is 7.46. The first kappa shape index (κ1) is 13.5. The van der Waals surface area contributed by atoms with Crippen molar-refractivity contribution in [2.24, 2.45) is 0 Å². The van der Waals surface area contributed by atoms with Gasteiger partial charge in [0.1, 0.15) is 6.54 Å². The molecule has 0 radical (unpaired) electrons. The zero-order valence-electron chi connectivity index (χ0n) is 12.1. The summed E-state index contributed by atoms with van der Waals surface area (Å²) < 4.78 is 7.04. The third-order valence-corrected chi connectivity index (χ3v) is 4.17. The number of amides is 1. The van der Waals surface area contributed by atoms with Gasteiger partial charge in [0.25, 0.3) is 0 Å². The zero-order valence-corrected chi connectivity index (χ0v) is 12.1. The minimum absolute atomic E-state index is 0.126. The van der Waals surface area contributed by atoms with Gasteiger partial charge in [-0.05, 0) is 12.0 Å². The van der Waals surface area contributed by atoms with Crippen LogP contribution in [0.4, 0.5) is 5.82 Å². The summed E-state index contributed by atoms with van der Waals surface area (Å²) in [4.78, 5) is 12.1. The predicted octanol–water partition coefficient (Wildman–Crippen LogP) is 0.352. The average Bonchev–Trinajstić information content (AvgIpc) is 3.24. The molecule has 8 nitrogen and oxygen atoms in total. The van der Waals surface area contributed by atoms with Crippen molar-refractivity contribution in [3.8, 4) is 0 Å². The van der Waals surface area contributed by atoms with Crippen LogP contribution in [0.3, 0.4) is 0 Å². The summed E-state index contributed by atoms with van der Waals surface area (Å²) in [5.41, 5.74) is 3.21. The molecule has 1 amide bonds. The molecule has 1 saturated heterocycles. The van der Waals surface area contributed by atoms with Gasteiger partial charge in [-0.25, -0.2) is 0 Å². The Hall–Kier alpha value is -2.19. The fraction of sp³-hybridized carbons (Fsp3) is 0.500. The van der Waals surface area contributed by atoms with Crippen LogP contribution in [0.25, 0.3) is 0 Å². The average molecular weight is 302 g/mol. The van der Waals surface area contributed by atoms with Gasteiger partial charge in [-0.2, -0.15) is 10.2 Å². The van der Waals surface area contributed by atoms with E-state index in [2.05, 4.69) is 25.9 Å². The van der Waals surface area contributed by atoms with Gasteiger partial charge < -0.3 is 15.4 Å². The number of aromatic amines is 1. The molecule has 2 aromatic rings. The van der Waals surface area contributed by atoms with Crippen LogP contribution >= 0.6 is 0 Å². The van der Waals surface area contributed by atoms with E-state index in [1.807, 2.05) is 12.4 Å². The molecule has 0 aromatic carbocycles. The Morgan fingerprint density at radius 3 is 3.32 bits per heavy atom. The summed E-state index contributed by atoms with van der Waals surface area (Å²) in [7, 11) is 0. The van der Waals surface area contributed by atoms with Crippen molar-refractivity contribution in [3.05, 3.63) is 29.2 Å². The van der Waals surface area contributed by atoms with Crippen molar-refractivity contribution in [1.82, 2.24) is 25.3 Å². The van der Waals surface area contributed by atoms with Gasteiger partial charge >= 0.3 is 0 Å². The molecule has 1 atom stereocenters. The Morgan fingerprint density at radius 2 is 2.45 bits per heavy atom. The lowest BCUT2D eigenvalue weighted by Crippen LogP contribution is -2.20. The molecule has 3 N–H and O–H groups in total. The predicted molar refractivity (Wildman–Crippen MR) is 78.2 cm³/mol. The molecule has 0 spiro atoms. The highest BCUT2D eigenvalue weighted by Crippen LogP contribution is 2.24. The Balaban J connectivity index is 1.39. The van der Waals surface area contributed by atoms with E-state index in [1.165, 1.54) is 0 Å². The highest BCUT2D eigenvalue weighted by Gasteiger charge is 2.21. The third kappa shape index (κ3) is 2.51. The van der Waals surface area contributed by atoms with Gasteiger partial charge in [0.05, 0.1) is 18.5 Å². The van der Waals surface area contributed by atoms with Crippen molar-refractivity contribution >= 4 is 11.7 Å². The summed E-state index contributed by atoms with van der Waals surface area (Å²) >= 11 is 0. The lowest BCUT2D eigenvalue weighted by Gasteiger charge is -2.04. The Labute approximate surface area is 127 Å². The van der Waals surface area contributed by atoms with Gasteiger partial charge in [-0.3, -0.25) is 14.6 Å². The van der Waals surface area contributed by atoms with Crippen molar-refractivity contribution in [1.29, 1.82) is 0 Å². The molecule has 1 unspecified atom stereocenters. The van der Waals surface area contributed by atoms with E-state index in [1.54, 1.807) is 4.68 Å². The molecule has 2 aliphatic heterocycles. The van der Waals surface area contributed by atoms with E-state index in [0.29, 0.717) is 11.7 Å². The van der Waals surface area contributed by atoms with E-state index in [-0.39, 0.29) is 12.5 Å². The lowest BCUT2D eigenvalue weighted by molar-refractivity contribution is -0.116. The number of rotatable bonds is 4. The minimum Gasteiger partial charge on any atom is -0.381 e. The number of hydrogen-bond donors (Lipinski definition) is 3. The summed E-state index contributed by atoms with van der Waals surface area (Å²) in [6, 6.07) is 0. The second-order valence-corrected chi connectivity index (χ2v) is 5.71. The molecular formula is C14H18N6O2. The minimum atomic E-state index is -0.126. The number of hydrogen-bond acceptors (Lipinski definition) is 5. The van der Waals surface area contributed by atoms with Crippen LogP contribution in [0, 0.1) is 0 Å². The molecule has 116 valence electrons. The van der Waals surface area contributed by atoms with E-state index in [0.717, 1.165) is 49.5 Å². The first-order valence-corrected chi connectivity index (χ1v) is 7.46. The molecule has 22 heavy (non-hydrogen) atoms. The second kappa shape index (κ2) is 5.54. The molecule has 2 aromatic heterocycles. The molecule has 4 heterocycles. The van der Waals surface area contributed by atoms with Gasteiger partial charge in [-0.15, -0.1) is 0 Å². The lowest BCUT2D eigenvalue weighted by atomic mass is 10.0. The molecule has 4 rings (SSSR count). The van der Waals surface area contributed by atoms with Crippen LogP contribution < -0.4 is 10.6 Å². The van der Waals surface area contributed by atoms with E-state index in [9.17, 15) is 4.79 Å².